The molecular weight excluding hydrogens is 292 g/mol. The van der Waals surface area contributed by atoms with E-state index in [4.69, 9.17) is 0 Å². The normalized spacial score (nSPS) is 17.8. The number of likely N-dealkylation sites (tertiary alicyclic amines) is 1. The molecule has 1 unspecified atom stereocenters. The molecule has 1 aliphatic heterocycles. The van der Waals surface area contributed by atoms with Crippen LogP contribution in [0.4, 0.5) is 0 Å². The Balaban J connectivity index is 2.08. The van der Waals surface area contributed by atoms with E-state index in [2.05, 4.69) is 6.92 Å². The fourth-order valence-electron chi connectivity index (χ4n) is 3.13. The number of hydrogen-bond donors (Lipinski definition) is 1. The van der Waals surface area contributed by atoms with Crippen LogP contribution in [0, 0.1) is 0 Å². The monoisotopic (exact) mass is 318 g/mol. The molecule has 1 heterocycles. The summed E-state index contributed by atoms with van der Waals surface area (Å²) in [6.07, 6.45) is 3.90. The Kier molecular flexibility index (Phi) is 6.59. The molecule has 1 aliphatic rings. The van der Waals surface area contributed by atoms with Crippen molar-refractivity contribution in [2.24, 2.45) is 0 Å². The Labute approximate surface area is 137 Å². The second-order valence-electron chi connectivity index (χ2n) is 5.99. The molecule has 0 bridgehead atoms. The van der Waals surface area contributed by atoms with Crippen LogP contribution in [0.3, 0.4) is 0 Å². The molecule has 23 heavy (non-hydrogen) atoms. The van der Waals surface area contributed by atoms with Crippen molar-refractivity contribution in [3.8, 4) is 0 Å². The molecule has 0 aromatic heterocycles. The maximum absolute atomic E-state index is 12.6. The van der Waals surface area contributed by atoms with Crippen molar-refractivity contribution in [3.63, 3.8) is 0 Å². The van der Waals surface area contributed by atoms with Gasteiger partial charge in [0.2, 0.25) is 0 Å². The molecule has 5 heteroatoms. The van der Waals surface area contributed by atoms with Crippen molar-refractivity contribution >= 4 is 11.8 Å². The highest BCUT2D eigenvalue weighted by Gasteiger charge is 2.32. The summed E-state index contributed by atoms with van der Waals surface area (Å²) >= 11 is 0. The average Bonchev–Trinajstić information content (AvgIpc) is 2.61. The van der Waals surface area contributed by atoms with Gasteiger partial charge in [0.05, 0.1) is 6.61 Å². The highest BCUT2D eigenvalue weighted by atomic mass is 16.3. The first-order valence-corrected chi connectivity index (χ1v) is 8.42. The number of rotatable bonds is 5. The van der Waals surface area contributed by atoms with Gasteiger partial charge in [-0.2, -0.15) is 0 Å². The lowest BCUT2D eigenvalue weighted by molar-refractivity contribution is -0.154. The van der Waals surface area contributed by atoms with Crippen molar-refractivity contribution in [1.82, 2.24) is 9.80 Å². The number of carbonyl (C=O) groups is 2. The number of carbonyl (C=O) groups excluding carboxylic acids is 2. The summed E-state index contributed by atoms with van der Waals surface area (Å²) in [6, 6.07) is 9.70. The van der Waals surface area contributed by atoms with Crippen LogP contribution < -0.4 is 0 Å². The van der Waals surface area contributed by atoms with Crippen LogP contribution >= 0.6 is 0 Å². The fourth-order valence-corrected chi connectivity index (χ4v) is 3.13. The van der Waals surface area contributed by atoms with E-state index >= 15 is 0 Å². The van der Waals surface area contributed by atoms with Gasteiger partial charge in [0.25, 0.3) is 0 Å². The summed E-state index contributed by atoms with van der Waals surface area (Å²) in [5.41, 5.74) is 0.952. The molecule has 5 nitrogen and oxygen atoms in total. The molecule has 1 atom stereocenters. The molecule has 2 rings (SSSR count). The Morgan fingerprint density at radius 1 is 1.26 bits per heavy atom. The molecule has 1 fully saturated rings. The molecule has 1 aromatic carbocycles. The third-order valence-electron chi connectivity index (χ3n) is 4.42. The number of hydrogen-bond acceptors (Lipinski definition) is 3. The Morgan fingerprint density at radius 2 is 2.00 bits per heavy atom. The predicted molar refractivity (Wildman–Crippen MR) is 88.6 cm³/mol. The summed E-state index contributed by atoms with van der Waals surface area (Å²) in [6.45, 7) is 3.07. The van der Waals surface area contributed by atoms with Gasteiger partial charge >= 0.3 is 11.8 Å². The first-order valence-electron chi connectivity index (χ1n) is 8.42. The topological polar surface area (TPSA) is 60.9 Å². The number of nitrogens with zero attached hydrogens (tertiary/aromatic N) is 2. The summed E-state index contributed by atoms with van der Waals surface area (Å²) in [5, 5.41) is 9.24. The van der Waals surface area contributed by atoms with E-state index in [0.29, 0.717) is 13.1 Å². The van der Waals surface area contributed by atoms with Crippen molar-refractivity contribution in [2.45, 2.75) is 45.2 Å². The first-order chi connectivity index (χ1) is 11.2. The van der Waals surface area contributed by atoms with Crippen molar-refractivity contribution < 1.29 is 14.7 Å². The average molecular weight is 318 g/mol. The zero-order valence-electron chi connectivity index (χ0n) is 13.8. The Morgan fingerprint density at radius 3 is 2.65 bits per heavy atom. The largest absolute Gasteiger partial charge is 0.395 e. The van der Waals surface area contributed by atoms with E-state index in [9.17, 15) is 14.7 Å². The van der Waals surface area contributed by atoms with Gasteiger partial charge in [0.1, 0.15) is 0 Å². The summed E-state index contributed by atoms with van der Waals surface area (Å²) in [4.78, 5) is 28.4. The zero-order valence-corrected chi connectivity index (χ0v) is 13.8. The van der Waals surface area contributed by atoms with Crippen LogP contribution in [0.5, 0.6) is 0 Å². The second kappa shape index (κ2) is 8.67. The summed E-state index contributed by atoms with van der Waals surface area (Å²) in [7, 11) is 0. The van der Waals surface area contributed by atoms with Crippen LogP contribution in [-0.4, -0.2) is 52.5 Å². The highest BCUT2D eigenvalue weighted by Crippen LogP contribution is 2.20. The minimum Gasteiger partial charge on any atom is -0.395 e. The number of aliphatic hydroxyl groups excluding tert-OH is 1. The van der Waals surface area contributed by atoms with Gasteiger partial charge in [-0.05, 0) is 31.2 Å². The van der Waals surface area contributed by atoms with Gasteiger partial charge < -0.3 is 14.9 Å². The number of benzene rings is 1. The van der Waals surface area contributed by atoms with E-state index in [1.165, 1.54) is 4.90 Å². The third-order valence-corrected chi connectivity index (χ3v) is 4.42. The van der Waals surface area contributed by atoms with Crippen LogP contribution in [0.15, 0.2) is 30.3 Å². The number of amides is 2. The molecule has 0 radical (unpaired) electrons. The molecular formula is C18H26N2O3. The Hall–Kier alpha value is -1.88. The van der Waals surface area contributed by atoms with E-state index in [1.807, 2.05) is 30.3 Å². The Bertz CT molecular complexity index is 518. The lowest BCUT2D eigenvalue weighted by Gasteiger charge is -2.36. The minimum atomic E-state index is -0.511. The van der Waals surface area contributed by atoms with Crippen molar-refractivity contribution in [3.05, 3.63) is 35.9 Å². The van der Waals surface area contributed by atoms with Crippen LogP contribution in [-0.2, 0) is 16.1 Å². The molecule has 1 aromatic rings. The van der Waals surface area contributed by atoms with Gasteiger partial charge in [-0.1, -0.05) is 37.3 Å². The van der Waals surface area contributed by atoms with Gasteiger partial charge in [0, 0.05) is 25.7 Å². The van der Waals surface area contributed by atoms with E-state index in [1.54, 1.807) is 4.90 Å². The van der Waals surface area contributed by atoms with Gasteiger partial charge in [0.15, 0.2) is 0 Å². The summed E-state index contributed by atoms with van der Waals surface area (Å²) in [5.74, 6) is -0.941. The molecule has 0 saturated carbocycles. The lowest BCUT2D eigenvalue weighted by atomic mass is 10.00. The van der Waals surface area contributed by atoms with Gasteiger partial charge in [-0.15, -0.1) is 0 Å². The zero-order chi connectivity index (χ0) is 16.7. The van der Waals surface area contributed by atoms with Gasteiger partial charge in [-0.3, -0.25) is 9.59 Å². The minimum absolute atomic E-state index is 0.150. The number of aliphatic hydroxyl groups is 1. The van der Waals surface area contributed by atoms with Crippen molar-refractivity contribution in [1.29, 1.82) is 0 Å². The van der Waals surface area contributed by atoms with Crippen LogP contribution in [0.25, 0.3) is 0 Å². The molecule has 1 N–H and O–H groups in total. The molecule has 0 aliphatic carbocycles. The van der Waals surface area contributed by atoms with E-state index in [-0.39, 0.29) is 19.2 Å². The molecule has 126 valence electrons. The summed E-state index contributed by atoms with van der Waals surface area (Å²) < 4.78 is 0. The van der Waals surface area contributed by atoms with Crippen LogP contribution in [0.2, 0.25) is 0 Å². The molecule has 2 amide bonds. The quantitative estimate of drug-likeness (QED) is 0.842. The van der Waals surface area contributed by atoms with Gasteiger partial charge in [-0.25, -0.2) is 0 Å². The molecule has 1 saturated heterocycles. The maximum Gasteiger partial charge on any atom is 0.312 e. The fraction of sp³-hybridized carbons (Fsp3) is 0.556. The molecule has 0 spiro atoms. The first kappa shape index (κ1) is 17.5. The standard InChI is InChI=1S/C18H26N2O3/c1-2-16-10-6-7-11-20(16)18(23)17(22)19(12-13-21)14-15-8-4-3-5-9-15/h3-5,8-9,16,21H,2,6-7,10-14H2,1H3. The third kappa shape index (κ3) is 4.55. The van der Waals surface area contributed by atoms with Crippen LogP contribution in [0.1, 0.15) is 38.2 Å². The maximum atomic E-state index is 12.6. The lowest BCUT2D eigenvalue weighted by Crippen LogP contribution is -2.51. The number of piperidine rings is 1. The second-order valence-corrected chi connectivity index (χ2v) is 5.99. The van der Waals surface area contributed by atoms with E-state index in [0.717, 1.165) is 31.2 Å². The SMILES string of the molecule is CCC1CCCCN1C(=O)C(=O)N(CCO)Cc1ccccc1. The van der Waals surface area contributed by atoms with Crippen molar-refractivity contribution in [2.75, 3.05) is 19.7 Å². The highest BCUT2D eigenvalue weighted by molar-refractivity contribution is 6.35. The predicted octanol–water partition coefficient (Wildman–Crippen LogP) is 1.80. The smallest absolute Gasteiger partial charge is 0.312 e. The van der Waals surface area contributed by atoms with E-state index < -0.39 is 11.8 Å².